The maximum Gasteiger partial charge on any atom is 0.356 e. The van der Waals surface area contributed by atoms with Crippen molar-refractivity contribution in [2.45, 2.75) is 32.7 Å². The molecule has 2 N–H and O–H groups in total. The molecule has 100 valence electrons. The zero-order chi connectivity index (χ0) is 13.5. The molecule has 0 atom stereocenters. The molecule has 1 aromatic rings. The highest BCUT2D eigenvalue weighted by Crippen LogP contribution is 2.17. The van der Waals surface area contributed by atoms with E-state index in [9.17, 15) is 4.79 Å². The van der Waals surface area contributed by atoms with Crippen LogP contribution in [0.2, 0.25) is 0 Å². The fourth-order valence-corrected chi connectivity index (χ4v) is 1.91. The average molecular weight is 253 g/mol. The van der Waals surface area contributed by atoms with E-state index in [2.05, 4.69) is 24.0 Å². The second-order valence-corrected chi connectivity index (χ2v) is 3.97. The summed E-state index contributed by atoms with van der Waals surface area (Å²) >= 11 is 0. The van der Waals surface area contributed by atoms with Crippen LogP contribution in [0.25, 0.3) is 0 Å². The number of aliphatic hydroxyl groups excluding tert-OH is 1. The van der Waals surface area contributed by atoms with Crippen molar-refractivity contribution in [2.75, 3.05) is 18.1 Å². The first kappa shape index (κ1) is 14.4. The highest BCUT2D eigenvalue weighted by molar-refractivity contribution is 5.85. The summed E-state index contributed by atoms with van der Waals surface area (Å²) in [5.74, 6) is -0.493. The van der Waals surface area contributed by atoms with Gasteiger partial charge < -0.3 is 15.1 Å². The fourth-order valence-electron chi connectivity index (χ4n) is 1.91. The van der Waals surface area contributed by atoms with Gasteiger partial charge in [-0.25, -0.2) is 4.79 Å². The van der Waals surface area contributed by atoms with Gasteiger partial charge in [0.05, 0.1) is 6.61 Å². The normalized spacial score (nSPS) is 10.7. The standard InChI is InChI=1S/C12H19N3O3/c1-3-9(4-2)15(7-8-16)11-6-5-10(12(17)18)13-14-11/h5-6,9,16H,3-4,7-8H2,1-2H3,(H,17,18). The highest BCUT2D eigenvalue weighted by atomic mass is 16.4. The maximum atomic E-state index is 10.7. The Hall–Kier alpha value is -1.69. The van der Waals surface area contributed by atoms with E-state index in [0.29, 0.717) is 12.4 Å². The van der Waals surface area contributed by atoms with E-state index < -0.39 is 5.97 Å². The summed E-state index contributed by atoms with van der Waals surface area (Å²) in [4.78, 5) is 12.7. The molecule has 0 radical (unpaired) electrons. The van der Waals surface area contributed by atoms with Crippen molar-refractivity contribution in [3.8, 4) is 0 Å². The molecule has 1 rings (SSSR count). The summed E-state index contributed by atoms with van der Waals surface area (Å²) in [6.07, 6.45) is 1.86. The number of aliphatic hydroxyl groups is 1. The lowest BCUT2D eigenvalue weighted by atomic mass is 10.1. The van der Waals surface area contributed by atoms with Crippen LogP contribution in [0, 0.1) is 0 Å². The van der Waals surface area contributed by atoms with Gasteiger partial charge in [0.25, 0.3) is 0 Å². The lowest BCUT2D eigenvalue weighted by Crippen LogP contribution is -2.37. The summed E-state index contributed by atoms with van der Waals surface area (Å²) in [5, 5.41) is 25.4. The molecule has 6 heteroatoms. The first-order chi connectivity index (χ1) is 8.63. The van der Waals surface area contributed by atoms with E-state index in [1.54, 1.807) is 6.07 Å². The fraction of sp³-hybridized carbons (Fsp3) is 0.583. The van der Waals surface area contributed by atoms with Gasteiger partial charge in [-0.2, -0.15) is 0 Å². The van der Waals surface area contributed by atoms with Gasteiger partial charge in [0, 0.05) is 12.6 Å². The predicted molar refractivity (Wildman–Crippen MR) is 67.8 cm³/mol. The van der Waals surface area contributed by atoms with E-state index in [1.165, 1.54) is 6.07 Å². The number of hydrogen-bond donors (Lipinski definition) is 2. The van der Waals surface area contributed by atoms with Gasteiger partial charge in [0.15, 0.2) is 11.5 Å². The van der Waals surface area contributed by atoms with Crippen LogP contribution in [0.3, 0.4) is 0 Å². The van der Waals surface area contributed by atoms with E-state index in [-0.39, 0.29) is 18.3 Å². The number of anilines is 1. The first-order valence-corrected chi connectivity index (χ1v) is 6.08. The molecule has 0 aromatic carbocycles. The van der Waals surface area contributed by atoms with Crippen LogP contribution in [0.1, 0.15) is 37.2 Å². The van der Waals surface area contributed by atoms with Crippen molar-refractivity contribution < 1.29 is 15.0 Å². The zero-order valence-electron chi connectivity index (χ0n) is 10.7. The molecule has 0 bridgehead atoms. The van der Waals surface area contributed by atoms with Crippen LogP contribution < -0.4 is 4.90 Å². The molecular formula is C12H19N3O3. The Kier molecular flexibility index (Phi) is 5.51. The molecule has 6 nitrogen and oxygen atoms in total. The Morgan fingerprint density at radius 3 is 2.39 bits per heavy atom. The second kappa shape index (κ2) is 6.90. The van der Waals surface area contributed by atoms with Crippen molar-refractivity contribution in [2.24, 2.45) is 0 Å². The smallest absolute Gasteiger partial charge is 0.356 e. The minimum Gasteiger partial charge on any atom is -0.476 e. The van der Waals surface area contributed by atoms with Crippen LogP contribution in [0.15, 0.2) is 12.1 Å². The number of aromatic carboxylic acids is 1. The molecule has 0 spiro atoms. The van der Waals surface area contributed by atoms with Crippen LogP contribution in [-0.4, -0.2) is 45.6 Å². The largest absolute Gasteiger partial charge is 0.476 e. The number of carboxylic acids is 1. The molecule has 1 heterocycles. The Morgan fingerprint density at radius 1 is 1.33 bits per heavy atom. The van der Waals surface area contributed by atoms with Gasteiger partial charge in [0.1, 0.15) is 0 Å². The predicted octanol–water partition coefficient (Wildman–Crippen LogP) is 1.16. The second-order valence-electron chi connectivity index (χ2n) is 3.97. The van der Waals surface area contributed by atoms with Gasteiger partial charge in [0.2, 0.25) is 0 Å². The Bertz CT molecular complexity index is 377. The zero-order valence-corrected chi connectivity index (χ0v) is 10.7. The van der Waals surface area contributed by atoms with Gasteiger partial charge in [-0.3, -0.25) is 0 Å². The van der Waals surface area contributed by atoms with Crippen LogP contribution in [0.4, 0.5) is 5.82 Å². The Balaban J connectivity index is 2.94. The third-order valence-electron chi connectivity index (χ3n) is 2.89. The summed E-state index contributed by atoms with van der Waals surface area (Å²) in [6, 6.07) is 3.32. The molecule has 0 saturated carbocycles. The molecule has 18 heavy (non-hydrogen) atoms. The third-order valence-corrected chi connectivity index (χ3v) is 2.89. The monoisotopic (exact) mass is 253 g/mol. The van der Waals surface area contributed by atoms with Crippen molar-refractivity contribution in [1.82, 2.24) is 10.2 Å². The van der Waals surface area contributed by atoms with Gasteiger partial charge in [-0.1, -0.05) is 13.8 Å². The highest BCUT2D eigenvalue weighted by Gasteiger charge is 2.17. The number of hydrogen-bond acceptors (Lipinski definition) is 5. The average Bonchev–Trinajstić information content (AvgIpc) is 2.39. The summed E-state index contributed by atoms with van der Waals surface area (Å²) < 4.78 is 0. The Labute approximate surface area is 106 Å². The molecule has 0 aliphatic carbocycles. The number of carbonyl (C=O) groups is 1. The van der Waals surface area contributed by atoms with Crippen molar-refractivity contribution >= 4 is 11.8 Å². The number of aromatic nitrogens is 2. The van der Waals surface area contributed by atoms with Gasteiger partial charge in [-0.05, 0) is 25.0 Å². The van der Waals surface area contributed by atoms with Crippen molar-refractivity contribution in [3.63, 3.8) is 0 Å². The minimum atomic E-state index is -1.09. The van der Waals surface area contributed by atoms with Crippen LogP contribution in [-0.2, 0) is 0 Å². The summed E-state index contributed by atoms with van der Waals surface area (Å²) in [6.45, 7) is 4.63. The molecular weight excluding hydrogens is 234 g/mol. The number of rotatable bonds is 7. The van der Waals surface area contributed by atoms with Crippen molar-refractivity contribution in [1.29, 1.82) is 0 Å². The lowest BCUT2D eigenvalue weighted by molar-refractivity contribution is 0.0689. The van der Waals surface area contributed by atoms with E-state index in [0.717, 1.165) is 12.8 Å². The summed E-state index contributed by atoms with van der Waals surface area (Å²) in [5.41, 5.74) is -0.0766. The SMILES string of the molecule is CCC(CC)N(CCO)c1ccc(C(=O)O)nn1. The van der Waals surface area contributed by atoms with E-state index in [4.69, 9.17) is 10.2 Å². The molecule has 0 unspecified atom stereocenters. The van der Waals surface area contributed by atoms with Crippen LogP contribution in [0.5, 0.6) is 0 Å². The number of nitrogens with zero attached hydrogens (tertiary/aromatic N) is 3. The molecule has 0 fully saturated rings. The quantitative estimate of drug-likeness (QED) is 0.758. The molecule has 0 amide bonds. The van der Waals surface area contributed by atoms with Gasteiger partial charge in [-0.15, -0.1) is 10.2 Å². The number of carboxylic acid groups (broad SMARTS) is 1. The lowest BCUT2D eigenvalue weighted by Gasteiger charge is -2.30. The molecule has 0 aliphatic rings. The van der Waals surface area contributed by atoms with Crippen LogP contribution >= 0.6 is 0 Å². The maximum absolute atomic E-state index is 10.7. The minimum absolute atomic E-state index is 0.0266. The van der Waals surface area contributed by atoms with E-state index >= 15 is 0 Å². The molecule has 0 saturated heterocycles. The molecule has 0 aliphatic heterocycles. The first-order valence-electron chi connectivity index (χ1n) is 6.08. The van der Waals surface area contributed by atoms with Crippen molar-refractivity contribution in [3.05, 3.63) is 17.8 Å². The third kappa shape index (κ3) is 3.40. The summed E-state index contributed by atoms with van der Waals surface area (Å²) in [7, 11) is 0. The molecule has 1 aromatic heterocycles. The topological polar surface area (TPSA) is 86.5 Å². The van der Waals surface area contributed by atoms with Gasteiger partial charge >= 0.3 is 5.97 Å². The van der Waals surface area contributed by atoms with E-state index in [1.807, 2.05) is 4.90 Å². The Morgan fingerprint density at radius 2 is 2.00 bits per heavy atom.